The Kier molecular flexibility index (Phi) is 4.78. The third kappa shape index (κ3) is 4.43. The molecule has 0 spiro atoms. The fourth-order valence-electron chi connectivity index (χ4n) is 1.93. The molecule has 3 rings (SSSR count). The van der Waals surface area contributed by atoms with Gasteiger partial charge in [0.05, 0.1) is 10.7 Å². The second kappa shape index (κ2) is 6.77. The fourth-order valence-corrected chi connectivity index (χ4v) is 2.45. The van der Waals surface area contributed by atoms with Crippen molar-refractivity contribution in [3.8, 4) is 5.75 Å². The van der Waals surface area contributed by atoms with Gasteiger partial charge in [0.25, 0.3) is 0 Å². The van der Waals surface area contributed by atoms with Gasteiger partial charge in [-0.2, -0.15) is 0 Å². The van der Waals surface area contributed by atoms with E-state index in [1.165, 1.54) is 18.4 Å². The van der Waals surface area contributed by atoms with E-state index in [-0.39, 0.29) is 0 Å². The number of hydrogen-bond acceptors (Lipinski definition) is 3. The number of aromatic nitrogens is 1. The molecule has 0 amide bonds. The first-order valence-corrected chi connectivity index (χ1v) is 8.13. The van der Waals surface area contributed by atoms with Crippen LogP contribution >= 0.6 is 27.5 Å². The summed E-state index contributed by atoms with van der Waals surface area (Å²) in [4.78, 5) is 4.42. The molecular formula is C16H16BrClN2O. The number of pyridine rings is 1. The Hall–Kier alpha value is -1.10. The Bertz CT molecular complexity index is 614. The summed E-state index contributed by atoms with van der Waals surface area (Å²) >= 11 is 9.49. The predicted molar refractivity (Wildman–Crippen MR) is 87.6 cm³/mol. The maximum atomic E-state index is 6.09. The Labute approximate surface area is 137 Å². The molecular weight excluding hydrogens is 352 g/mol. The van der Waals surface area contributed by atoms with Crippen molar-refractivity contribution in [2.24, 2.45) is 0 Å². The molecule has 21 heavy (non-hydrogen) atoms. The molecule has 110 valence electrons. The van der Waals surface area contributed by atoms with Gasteiger partial charge in [-0.3, -0.25) is 4.98 Å². The van der Waals surface area contributed by atoms with E-state index in [0.717, 1.165) is 16.7 Å². The number of nitrogens with one attached hydrogen (secondary N) is 1. The van der Waals surface area contributed by atoms with Crippen LogP contribution in [0.4, 0.5) is 0 Å². The molecule has 0 aliphatic heterocycles. The third-order valence-corrected chi connectivity index (χ3v) is 4.13. The normalized spacial score (nSPS) is 14.2. The summed E-state index contributed by atoms with van der Waals surface area (Å²) in [6.45, 7) is 1.29. The van der Waals surface area contributed by atoms with Gasteiger partial charge in [0, 0.05) is 23.3 Å². The monoisotopic (exact) mass is 366 g/mol. The summed E-state index contributed by atoms with van der Waals surface area (Å²) in [7, 11) is 0. The average Bonchev–Trinajstić information content (AvgIpc) is 3.31. The van der Waals surface area contributed by atoms with E-state index < -0.39 is 0 Å². The highest BCUT2D eigenvalue weighted by Gasteiger charge is 2.19. The minimum absolute atomic E-state index is 0.409. The van der Waals surface area contributed by atoms with Gasteiger partial charge in [-0.05, 0) is 42.7 Å². The molecule has 1 aliphatic carbocycles. The molecule has 1 heterocycles. The molecule has 1 saturated carbocycles. The molecule has 0 atom stereocenters. The van der Waals surface area contributed by atoms with Crippen LogP contribution in [0.3, 0.4) is 0 Å². The van der Waals surface area contributed by atoms with Gasteiger partial charge in [0.1, 0.15) is 12.4 Å². The molecule has 1 aromatic heterocycles. The number of halogens is 2. The van der Waals surface area contributed by atoms with Gasteiger partial charge in [0.15, 0.2) is 0 Å². The molecule has 1 aromatic carbocycles. The lowest BCUT2D eigenvalue weighted by atomic mass is 10.2. The van der Waals surface area contributed by atoms with Gasteiger partial charge in [0.2, 0.25) is 0 Å². The van der Waals surface area contributed by atoms with E-state index in [2.05, 4.69) is 32.3 Å². The van der Waals surface area contributed by atoms with Crippen LogP contribution in [0.1, 0.15) is 24.1 Å². The zero-order chi connectivity index (χ0) is 14.7. The minimum atomic E-state index is 0.409. The first-order valence-electron chi connectivity index (χ1n) is 6.96. The Balaban J connectivity index is 1.55. The lowest BCUT2D eigenvalue weighted by Gasteiger charge is -2.09. The van der Waals surface area contributed by atoms with Gasteiger partial charge in [-0.25, -0.2) is 0 Å². The van der Waals surface area contributed by atoms with Gasteiger partial charge >= 0.3 is 0 Å². The van der Waals surface area contributed by atoms with Gasteiger partial charge < -0.3 is 10.1 Å². The number of rotatable bonds is 6. The summed E-state index contributed by atoms with van der Waals surface area (Å²) < 4.78 is 6.65. The van der Waals surface area contributed by atoms with Crippen LogP contribution in [0.15, 0.2) is 41.0 Å². The maximum Gasteiger partial charge on any atom is 0.139 e. The second-order valence-corrected chi connectivity index (χ2v) is 6.50. The minimum Gasteiger partial charge on any atom is -0.486 e. The highest BCUT2D eigenvalue weighted by atomic mass is 79.9. The predicted octanol–water partition coefficient (Wildman–Crippen LogP) is 4.33. The molecule has 0 radical (unpaired) electrons. The van der Waals surface area contributed by atoms with E-state index in [1.807, 2.05) is 24.4 Å². The molecule has 0 unspecified atom stereocenters. The first-order chi connectivity index (χ1) is 10.2. The molecule has 1 aliphatic rings. The number of benzene rings is 1. The maximum absolute atomic E-state index is 6.09. The molecule has 3 nitrogen and oxygen atoms in total. The van der Waals surface area contributed by atoms with Gasteiger partial charge in [-0.15, -0.1) is 0 Å². The number of ether oxygens (including phenoxy) is 1. The van der Waals surface area contributed by atoms with E-state index in [0.29, 0.717) is 23.4 Å². The molecule has 1 N–H and O–H groups in total. The molecule has 1 fully saturated rings. The highest BCUT2D eigenvalue weighted by Crippen LogP contribution is 2.28. The highest BCUT2D eigenvalue weighted by molar-refractivity contribution is 9.10. The third-order valence-electron chi connectivity index (χ3n) is 3.33. The molecule has 0 bridgehead atoms. The SMILES string of the molecule is Clc1ccc(Br)cc1OCc1ccc(CNC2CC2)cn1. The largest absolute Gasteiger partial charge is 0.486 e. The lowest BCUT2D eigenvalue weighted by Crippen LogP contribution is -2.15. The molecule has 2 aromatic rings. The van der Waals surface area contributed by atoms with Crippen molar-refractivity contribution in [1.82, 2.24) is 10.3 Å². The van der Waals surface area contributed by atoms with Crippen molar-refractivity contribution in [2.45, 2.75) is 32.0 Å². The zero-order valence-corrected chi connectivity index (χ0v) is 13.8. The summed E-state index contributed by atoms with van der Waals surface area (Å²) in [5, 5.41) is 4.07. The Morgan fingerprint density at radius 1 is 1.29 bits per heavy atom. The van der Waals surface area contributed by atoms with E-state index in [1.54, 1.807) is 6.07 Å². The van der Waals surface area contributed by atoms with E-state index >= 15 is 0 Å². The average molecular weight is 368 g/mol. The zero-order valence-electron chi connectivity index (χ0n) is 11.5. The number of hydrogen-bond donors (Lipinski definition) is 1. The molecule has 5 heteroatoms. The van der Waals surface area contributed by atoms with Crippen LogP contribution in [-0.4, -0.2) is 11.0 Å². The quantitative estimate of drug-likeness (QED) is 0.825. The molecule has 0 saturated heterocycles. The summed E-state index contributed by atoms with van der Waals surface area (Å²) in [6.07, 6.45) is 4.50. The van der Waals surface area contributed by atoms with E-state index in [4.69, 9.17) is 16.3 Å². The fraction of sp³-hybridized carbons (Fsp3) is 0.312. The van der Waals surface area contributed by atoms with Crippen molar-refractivity contribution in [2.75, 3.05) is 0 Å². The van der Waals surface area contributed by atoms with Crippen LogP contribution < -0.4 is 10.1 Å². The summed E-state index contributed by atoms with van der Waals surface area (Å²) in [5.74, 6) is 0.660. The van der Waals surface area contributed by atoms with Crippen molar-refractivity contribution >= 4 is 27.5 Å². The van der Waals surface area contributed by atoms with Crippen molar-refractivity contribution in [1.29, 1.82) is 0 Å². The van der Waals surface area contributed by atoms with Crippen molar-refractivity contribution in [3.05, 3.63) is 57.3 Å². The summed E-state index contributed by atoms with van der Waals surface area (Å²) in [5.41, 5.74) is 2.09. The summed E-state index contributed by atoms with van der Waals surface area (Å²) in [6, 6.07) is 10.3. The smallest absolute Gasteiger partial charge is 0.139 e. The van der Waals surface area contributed by atoms with Crippen molar-refractivity contribution < 1.29 is 4.74 Å². The first kappa shape index (κ1) is 14.8. The lowest BCUT2D eigenvalue weighted by molar-refractivity contribution is 0.301. The van der Waals surface area contributed by atoms with E-state index in [9.17, 15) is 0 Å². The van der Waals surface area contributed by atoms with Crippen molar-refractivity contribution in [3.63, 3.8) is 0 Å². The van der Waals surface area contributed by atoms with Crippen LogP contribution in [0.25, 0.3) is 0 Å². The Morgan fingerprint density at radius 2 is 2.14 bits per heavy atom. The van der Waals surface area contributed by atoms with Crippen LogP contribution in [0.5, 0.6) is 5.75 Å². The second-order valence-electron chi connectivity index (χ2n) is 5.18. The van der Waals surface area contributed by atoms with Gasteiger partial charge in [-0.1, -0.05) is 33.6 Å². The topological polar surface area (TPSA) is 34.1 Å². The number of nitrogens with zero attached hydrogens (tertiary/aromatic N) is 1. The van der Waals surface area contributed by atoms with Crippen LogP contribution in [-0.2, 0) is 13.2 Å². The Morgan fingerprint density at radius 3 is 2.86 bits per heavy atom. The standard InChI is InChI=1S/C16H16BrClN2O/c17-12-2-6-15(18)16(7-12)21-10-14-3-1-11(9-20-14)8-19-13-4-5-13/h1-3,6-7,9,13,19H,4-5,8,10H2. The van der Waals surface area contributed by atoms with Crippen LogP contribution in [0, 0.1) is 0 Å². The van der Waals surface area contributed by atoms with Crippen LogP contribution in [0.2, 0.25) is 5.02 Å².